The number of nitrogens with zero attached hydrogens (tertiary/aromatic N) is 3. The quantitative estimate of drug-likeness (QED) is 0.135. The van der Waals surface area contributed by atoms with Gasteiger partial charge in [0.15, 0.2) is 11.2 Å². The summed E-state index contributed by atoms with van der Waals surface area (Å²) in [7, 11) is -1.29. The number of hydrogen-bond acceptors (Lipinski definition) is 11. The molecule has 1 unspecified atom stereocenters. The largest absolute Gasteiger partial charge is 0.465 e. The van der Waals surface area contributed by atoms with Crippen LogP contribution in [-0.4, -0.2) is 63.6 Å². The predicted molar refractivity (Wildman–Crippen MR) is 134 cm³/mol. The van der Waals surface area contributed by atoms with Gasteiger partial charge >= 0.3 is 11.9 Å². The molecular formula is C22H30N7O6P. The van der Waals surface area contributed by atoms with E-state index in [2.05, 4.69) is 25.1 Å². The van der Waals surface area contributed by atoms with E-state index >= 15 is 0 Å². The molecule has 2 heterocycles. The maximum absolute atomic E-state index is 12.2. The summed E-state index contributed by atoms with van der Waals surface area (Å²) >= 11 is 0. The van der Waals surface area contributed by atoms with Crippen LogP contribution in [-0.2, 0) is 37.0 Å². The number of aromatic amines is 1. The number of fused-ring (bicyclic) bond motifs is 1. The molecule has 0 fully saturated rings. The number of nitrogens with one attached hydrogen (secondary N) is 3. The highest BCUT2D eigenvalue weighted by Crippen LogP contribution is 2.26. The molecule has 0 saturated heterocycles. The van der Waals surface area contributed by atoms with Crippen molar-refractivity contribution >= 4 is 37.3 Å². The van der Waals surface area contributed by atoms with Crippen LogP contribution in [0.5, 0.6) is 0 Å². The average molecular weight is 519 g/mol. The third-order valence-corrected chi connectivity index (χ3v) is 6.52. The highest BCUT2D eigenvalue weighted by atomic mass is 31.1. The minimum atomic E-state index is -1.29. The van der Waals surface area contributed by atoms with Crippen LogP contribution in [0.3, 0.4) is 0 Å². The number of carbonyl (C=O) groups is 2. The first-order chi connectivity index (χ1) is 17.4. The van der Waals surface area contributed by atoms with Crippen LogP contribution in [0.15, 0.2) is 41.5 Å². The Morgan fingerprint density at radius 3 is 2.78 bits per heavy atom. The molecule has 0 aliphatic carbocycles. The van der Waals surface area contributed by atoms with E-state index in [9.17, 15) is 14.4 Å². The fourth-order valence-electron chi connectivity index (χ4n) is 3.08. The van der Waals surface area contributed by atoms with E-state index in [-0.39, 0.29) is 44.2 Å². The van der Waals surface area contributed by atoms with Gasteiger partial charge in [0.25, 0.3) is 5.56 Å². The van der Waals surface area contributed by atoms with E-state index in [1.807, 2.05) is 30.3 Å². The first-order valence-corrected chi connectivity index (χ1v) is 12.8. The number of carbonyl (C=O) groups excluding carboxylic acids is 2. The third kappa shape index (κ3) is 8.09. The van der Waals surface area contributed by atoms with Crippen molar-refractivity contribution in [3.8, 4) is 0 Å². The lowest BCUT2D eigenvalue weighted by atomic mass is 10.2. The molecule has 0 saturated carbocycles. The number of ether oxygens (including phenoxy) is 3. The van der Waals surface area contributed by atoms with Crippen LogP contribution in [0.1, 0.15) is 19.4 Å². The van der Waals surface area contributed by atoms with Gasteiger partial charge in [0, 0.05) is 6.54 Å². The number of aromatic nitrogens is 4. The highest BCUT2D eigenvalue weighted by molar-refractivity contribution is 7.53. The number of imidazole rings is 1. The lowest BCUT2D eigenvalue weighted by Gasteiger charge is -2.23. The second kappa shape index (κ2) is 13.6. The first kappa shape index (κ1) is 27.2. The van der Waals surface area contributed by atoms with Crippen molar-refractivity contribution in [3.63, 3.8) is 0 Å². The lowest BCUT2D eigenvalue weighted by Crippen LogP contribution is -2.37. The maximum atomic E-state index is 12.2. The van der Waals surface area contributed by atoms with Gasteiger partial charge in [-0.2, -0.15) is 4.98 Å². The van der Waals surface area contributed by atoms with Gasteiger partial charge in [0.2, 0.25) is 5.95 Å². The van der Waals surface area contributed by atoms with Crippen molar-refractivity contribution in [2.24, 2.45) is 0 Å². The standard InChI is InChI=1S/C22H30N7O6P/c1-3-34-21(32)15(2)28-36(25-11-17(30)35-12-16-7-5-4-6-8-16)14-33-10-9-29-13-24-18-19(29)26-22(23)27-20(18)31/h4-8,13,15,25,28H,3,9-12,14H2,1-2H3,(H3,23,26,27,31)/t15-,36?/m0/s1. The molecule has 0 spiro atoms. The number of H-pyrrole nitrogens is 1. The van der Waals surface area contributed by atoms with E-state index in [0.29, 0.717) is 12.2 Å². The van der Waals surface area contributed by atoms with Crippen LogP contribution < -0.4 is 21.5 Å². The summed E-state index contributed by atoms with van der Waals surface area (Å²) in [4.78, 5) is 46.8. The molecule has 13 nitrogen and oxygen atoms in total. The summed E-state index contributed by atoms with van der Waals surface area (Å²) in [5.41, 5.74) is 6.64. The summed E-state index contributed by atoms with van der Waals surface area (Å²) in [5.74, 6) is -0.841. The van der Waals surface area contributed by atoms with Gasteiger partial charge in [-0.05, 0) is 19.4 Å². The Morgan fingerprint density at radius 2 is 2.03 bits per heavy atom. The average Bonchev–Trinajstić information content (AvgIpc) is 3.27. The fraction of sp³-hybridized carbons (Fsp3) is 0.409. The zero-order valence-corrected chi connectivity index (χ0v) is 21.0. The summed E-state index contributed by atoms with van der Waals surface area (Å²) < 4.78 is 17.8. The van der Waals surface area contributed by atoms with Gasteiger partial charge in [-0.3, -0.25) is 29.5 Å². The Hall–Kier alpha value is -3.38. The lowest BCUT2D eigenvalue weighted by molar-refractivity contribution is -0.144. The number of benzene rings is 1. The Morgan fingerprint density at radius 1 is 1.25 bits per heavy atom. The van der Waals surface area contributed by atoms with E-state index in [4.69, 9.17) is 19.9 Å². The minimum Gasteiger partial charge on any atom is -0.465 e. The number of hydrogen-bond donors (Lipinski definition) is 4. The molecule has 0 aliphatic heterocycles. The molecule has 14 heteroatoms. The molecule has 2 atom stereocenters. The Balaban J connectivity index is 1.52. The molecule has 194 valence electrons. The van der Waals surface area contributed by atoms with E-state index in [1.165, 1.54) is 6.33 Å². The number of esters is 2. The molecule has 0 radical (unpaired) electrons. The Labute approximate surface area is 208 Å². The van der Waals surface area contributed by atoms with Gasteiger partial charge in [-0.15, -0.1) is 0 Å². The van der Waals surface area contributed by atoms with Gasteiger partial charge in [-0.25, -0.2) is 4.98 Å². The first-order valence-electron chi connectivity index (χ1n) is 11.3. The van der Waals surface area contributed by atoms with Crippen molar-refractivity contribution in [2.45, 2.75) is 33.0 Å². The molecular weight excluding hydrogens is 489 g/mol. The molecule has 0 amide bonds. The molecule has 3 rings (SSSR count). The Kier molecular flexibility index (Phi) is 10.3. The van der Waals surface area contributed by atoms with Gasteiger partial charge in [0.05, 0.1) is 40.7 Å². The molecule has 3 aromatic rings. The molecule has 0 aliphatic rings. The van der Waals surface area contributed by atoms with Crippen LogP contribution >= 0.6 is 8.22 Å². The molecule has 5 N–H and O–H groups in total. The molecule has 36 heavy (non-hydrogen) atoms. The topological polar surface area (TPSA) is 175 Å². The number of nitrogens with two attached hydrogens (primary N) is 1. The molecule has 1 aromatic carbocycles. The summed E-state index contributed by atoms with van der Waals surface area (Å²) in [5, 5.41) is 6.20. The number of nitrogen functional groups attached to an aromatic ring is 1. The minimum absolute atomic E-state index is 0.000748. The third-order valence-electron chi connectivity index (χ3n) is 4.84. The monoisotopic (exact) mass is 519 g/mol. The van der Waals surface area contributed by atoms with Crippen molar-refractivity contribution in [2.75, 3.05) is 31.8 Å². The highest BCUT2D eigenvalue weighted by Gasteiger charge is 2.20. The second-order valence-corrected chi connectivity index (χ2v) is 9.30. The zero-order valence-electron chi connectivity index (χ0n) is 20.1. The van der Waals surface area contributed by atoms with Crippen molar-refractivity contribution < 1.29 is 23.8 Å². The van der Waals surface area contributed by atoms with Crippen LogP contribution in [0, 0.1) is 0 Å². The van der Waals surface area contributed by atoms with Crippen LogP contribution in [0.4, 0.5) is 5.95 Å². The van der Waals surface area contributed by atoms with Crippen LogP contribution in [0.2, 0.25) is 0 Å². The van der Waals surface area contributed by atoms with Crippen molar-refractivity contribution in [3.05, 3.63) is 52.6 Å². The maximum Gasteiger partial charge on any atom is 0.323 e. The van der Waals surface area contributed by atoms with Crippen molar-refractivity contribution in [1.29, 1.82) is 0 Å². The van der Waals surface area contributed by atoms with E-state index < -0.39 is 31.8 Å². The number of rotatable bonds is 14. The van der Waals surface area contributed by atoms with Gasteiger partial charge in [-0.1, -0.05) is 30.3 Å². The van der Waals surface area contributed by atoms with E-state index in [0.717, 1.165) is 5.56 Å². The normalized spacial score (nSPS) is 12.8. The van der Waals surface area contributed by atoms with Gasteiger partial charge in [0.1, 0.15) is 12.6 Å². The summed E-state index contributed by atoms with van der Waals surface area (Å²) in [6.45, 7) is 4.39. The van der Waals surface area contributed by atoms with Crippen molar-refractivity contribution in [1.82, 2.24) is 29.7 Å². The van der Waals surface area contributed by atoms with Gasteiger partial charge < -0.3 is 24.5 Å². The molecule has 0 bridgehead atoms. The predicted octanol–water partition coefficient (Wildman–Crippen LogP) is 0.862. The number of anilines is 1. The smallest absolute Gasteiger partial charge is 0.323 e. The summed E-state index contributed by atoms with van der Waals surface area (Å²) in [6, 6.07) is 8.75. The fourth-order valence-corrected chi connectivity index (χ4v) is 4.55. The molecule has 2 aromatic heterocycles. The second-order valence-electron chi connectivity index (χ2n) is 7.61. The SMILES string of the molecule is CCOC(=O)[C@H](C)NP(COCCn1cnc2c(=O)[nH]c(N)nc21)NCC(=O)OCc1ccccc1. The Bertz CT molecular complexity index is 1200. The van der Waals surface area contributed by atoms with E-state index in [1.54, 1.807) is 18.4 Å². The summed E-state index contributed by atoms with van der Waals surface area (Å²) in [6.07, 6.45) is 1.68. The zero-order chi connectivity index (χ0) is 25.9. The van der Waals surface area contributed by atoms with Crippen LogP contribution in [0.25, 0.3) is 11.2 Å².